The molecule has 15 heavy (non-hydrogen) atoms. The summed E-state index contributed by atoms with van der Waals surface area (Å²) < 4.78 is 2.21. The molecular weight excluding hydrogens is 186 g/mol. The van der Waals surface area contributed by atoms with Crippen LogP contribution in [0.15, 0.2) is 24.5 Å². The second-order valence-corrected chi connectivity index (χ2v) is 3.98. The highest BCUT2D eigenvalue weighted by molar-refractivity contribution is 5.88. The molecule has 0 spiro atoms. The van der Waals surface area contributed by atoms with Crippen molar-refractivity contribution in [3.05, 3.63) is 24.5 Å². The molecular formula is C12H17N3. The number of hydrogen-bond acceptors (Lipinski definition) is 2. The van der Waals surface area contributed by atoms with Gasteiger partial charge >= 0.3 is 0 Å². The smallest absolute Gasteiger partial charge is 0.112 e. The van der Waals surface area contributed by atoms with Crippen molar-refractivity contribution < 1.29 is 0 Å². The number of fused-ring (bicyclic) bond motifs is 1. The quantitative estimate of drug-likeness (QED) is 0.764. The van der Waals surface area contributed by atoms with Gasteiger partial charge in [-0.1, -0.05) is 13.0 Å². The fraction of sp³-hybridized carbons (Fsp3) is 0.417. The highest BCUT2D eigenvalue weighted by Crippen LogP contribution is 2.23. The van der Waals surface area contributed by atoms with Crippen molar-refractivity contribution in [2.24, 2.45) is 0 Å². The Labute approximate surface area is 90.3 Å². The van der Waals surface area contributed by atoms with Crippen LogP contribution in [0.4, 0.5) is 5.69 Å². The SMILES string of the molecule is CCCn1cnc2c(N(C)C)cccc21. The Kier molecular flexibility index (Phi) is 2.62. The summed E-state index contributed by atoms with van der Waals surface area (Å²) in [5.41, 5.74) is 3.50. The molecule has 1 aromatic carbocycles. The number of hydrogen-bond donors (Lipinski definition) is 0. The van der Waals surface area contributed by atoms with Crippen LogP contribution in [0.2, 0.25) is 0 Å². The summed E-state index contributed by atoms with van der Waals surface area (Å²) >= 11 is 0. The van der Waals surface area contributed by atoms with Gasteiger partial charge in [0.25, 0.3) is 0 Å². The van der Waals surface area contributed by atoms with Gasteiger partial charge in [-0.25, -0.2) is 4.98 Å². The highest BCUT2D eigenvalue weighted by atomic mass is 15.1. The number of para-hydroxylation sites is 1. The molecule has 80 valence electrons. The molecule has 0 saturated heterocycles. The molecule has 0 fully saturated rings. The van der Waals surface area contributed by atoms with Gasteiger partial charge < -0.3 is 9.47 Å². The summed E-state index contributed by atoms with van der Waals surface area (Å²) in [6.45, 7) is 3.22. The van der Waals surface area contributed by atoms with Gasteiger partial charge in [-0.15, -0.1) is 0 Å². The van der Waals surface area contributed by atoms with Crippen molar-refractivity contribution in [3.8, 4) is 0 Å². The standard InChI is InChI=1S/C12H17N3/c1-4-8-15-9-13-12-10(14(2)3)6-5-7-11(12)15/h5-7,9H,4,8H2,1-3H3. The Hall–Kier alpha value is -1.51. The molecule has 0 bridgehead atoms. The Morgan fingerprint density at radius 3 is 2.80 bits per heavy atom. The summed E-state index contributed by atoms with van der Waals surface area (Å²) in [5, 5.41) is 0. The maximum atomic E-state index is 4.48. The minimum Gasteiger partial charge on any atom is -0.376 e. The van der Waals surface area contributed by atoms with Gasteiger partial charge in [0, 0.05) is 20.6 Å². The van der Waals surface area contributed by atoms with Crippen molar-refractivity contribution in [1.82, 2.24) is 9.55 Å². The Morgan fingerprint density at radius 2 is 2.13 bits per heavy atom. The van der Waals surface area contributed by atoms with E-state index in [4.69, 9.17) is 0 Å². The minimum atomic E-state index is 1.04. The summed E-state index contributed by atoms with van der Waals surface area (Å²) in [5.74, 6) is 0. The van der Waals surface area contributed by atoms with Crippen LogP contribution in [0.5, 0.6) is 0 Å². The van der Waals surface area contributed by atoms with E-state index in [0.717, 1.165) is 18.5 Å². The lowest BCUT2D eigenvalue weighted by molar-refractivity contribution is 0.697. The number of nitrogens with zero attached hydrogens (tertiary/aromatic N) is 3. The van der Waals surface area contributed by atoms with Crippen LogP contribution >= 0.6 is 0 Å². The Morgan fingerprint density at radius 1 is 1.33 bits per heavy atom. The molecule has 1 heterocycles. The van der Waals surface area contributed by atoms with Gasteiger partial charge in [-0.2, -0.15) is 0 Å². The van der Waals surface area contributed by atoms with E-state index in [1.807, 2.05) is 20.4 Å². The number of aromatic nitrogens is 2. The first-order valence-electron chi connectivity index (χ1n) is 5.35. The van der Waals surface area contributed by atoms with E-state index < -0.39 is 0 Å². The maximum absolute atomic E-state index is 4.48. The zero-order chi connectivity index (χ0) is 10.8. The molecule has 3 heteroatoms. The molecule has 0 atom stereocenters. The molecule has 2 aromatic rings. The molecule has 3 nitrogen and oxygen atoms in total. The molecule has 0 aliphatic heterocycles. The summed E-state index contributed by atoms with van der Waals surface area (Å²) in [6, 6.07) is 6.32. The van der Waals surface area contributed by atoms with Crippen LogP contribution in [-0.2, 0) is 6.54 Å². The predicted octanol–water partition coefficient (Wildman–Crippen LogP) is 2.51. The first kappa shape index (κ1) is 10.0. The molecule has 0 saturated carbocycles. The van der Waals surface area contributed by atoms with Crippen LogP contribution < -0.4 is 4.90 Å². The average molecular weight is 203 g/mol. The lowest BCUT2D eigenvalue weighted by atomic mass is 10.2. The zero-order valence-corrected chi connectivity index (χ0v) is 9.57. The molecule has 0 aliphatic rings. The summed E-state index contributed by atoms with van der Waals surface area (Å²) in [6.07, 6.45) is 3.07. The summed E-state index contributed by atoms with van der Waals surface area (Å²) in [7, 11) is 4.10. The molecule has 0 aliphatic carbocycles. The van der Waals surface area contributed by atoms with Crippen LogP contribution in [-0.4, -0.2) is 23.6 Å². The first-order chi connectivity index (χ1) is 7.24. The van der Waals surface area contributed by atoms with E-state index in [0.29, 0.717) is 0 Å². The average Bonchev–Trinajstić information content (AvgIpc) is 2.62. The van der Waals surface area contributed by atoms with Crippen molar-refractivity contribution in [3.63, 3.8) is 0 Å². The lowest BCUT2D eigenvalue weighted by Crippen LogP contribution is -2.09. The van der Waals surface area contributed by atoms with E-state index in [1.165, 1.54) is 11.2 Å². The minimum absolute atomic E-state index is 1.04. The lowest BCUT2D eigenvalue weighted by Gasteiger charge is -2.12. The molecule has 0 amide bonds. The van der Waals surface area contributed by atoms with E-state index in [9.17, 15) is 0 Å². The number of imidazole rings is 1. The van der Waals surface area contributed by atoms with Crippen LogP contribution in [0.1, 0.15) is 13.3 Å². The van der Waals surface area contributed by atoms with E-state index in [-0.39, 0.29) is 0 Å². The third-order valence-corrected chi connectivity index (χ3v) is 2.58. The van der Waals surface area contributed by atoms with Crippen LogP contribution in [0.25, 0.3) is 11.0 Å². The van der Waals surface area contributed by atoms with Gasteiger partial charge in [0.15, 0.2) is 0 Å². The largest absolute Gasteiger partial charge is 0.376 e. The van der Waals surface area contributed by atoms with E-state index in [1.54, 1.807) is 0 Å². The monoisotopic (exact) mass is 203 g/mol. The summed E-state index contributed by atoms with van der Waals surface area (Å²) in [4.78, 5) is 6.58. The van der Waals surface area contributed by atoms with Crippen molar-refractivity contribution in [2.75, 3.05) is 19.0 Å². The number of benzene rings is 1. The van der Waals surface area contributed by atoms with Crippen LogP contribution in [0.3, 0.4) is 0 Å². The Balaban J connectivity index is 2.58. The van der Waals surface area contributed by atoms with Gasteiger partial charge in [0.2, 0.25) is 0 Å². The van der Waals surface area contributed by atoms with Crippen molar-refractivity contribution in [2.45, 2.75) is 19.9 Å². The molecule has 0 radical (unpaired) electrons. The normalized spacial score (nSPS) is 10.9. The second kappa shape index (κ2) is 3.93. The van der Waals surface area contributed by atoms with Gasteiger partial charge in [0.1, 0.15) is 5.52 Å². The maximum Gasteiger partial charge on any atom is 0.112 e. The predicted molar refractivity (Wildman–Crippen MR) is 64.4 cm³/mol. The Bertz CT molecular complexity index is 457. The van der Waals surface area contributed by atoms with Gasteiger partial charge in [-0.05, 0) is 18.6 Å². The van der Waals surface area contributed by atoms with Crippen LogP contribution in [0, 0.1) is 0 Å². The molecule has 2 rings (SSSR count). The first-order valence-corrected chi connectivity index (χ1v) is 5.35. The topological polar surface area (TPSA) is 21.1 Å². The number of rotatable bonds is 3. The zero-order valence-electron chi connectivity index (χ0n) is 9.57. The van der Waals surface area contributed by atoms with Crippen molar-refractivity contribution in [1.29, 1.82) is 0 Å². The fourth-order valence-corrected chi connectivity index (χ4v) is 1.85. The van der Waals surface area contributed by atoms with Crippen molar-refractivity contribution >= 4 is 16.7 Å². The third-order valence-electron chi connectivity index (χ3n) is 2.58. The second-order valence-electron chi connectivity index (χ2n) is 3.98. The van der Waals surface area contributed by atoms with E-state index >= 15 is 0 Å². The number of aryl methyl sites for hydroxylation is 1. The molecule has 0 N–H and O–H groups in total. The van der Waals surface area contributed by atoms with Gasteiger partial charge in [-0.3, -0.25) is 0 Å². The highest BCUT2D eigenvalue weighted by Gasteiger charge is 2.07. The molecule has 1 aromatic heterocycles. The number of anilines is 1. The fourth-order valence-electron chi connectivity index (χ4n) is 1.85. The van der Waals surface area contributed by atoms with E-state index in [2.05, 4.69) is 39.6 Å². The van der Waals surface area contributed by atoms with Gasteiger partial charge in [0.05, 0.1) is 17.5 Å². The molecule has 0 unspecified atom stereocenters. The third kappa shape index (κ3) is 1.69.